The molecule has 30 heavy (non-hydrogen) atoms. The van der Waals surface area contributed by atoms with Crippen LogP contribution in [0.25, 0.3) is 11.4 Å². The molecule has 2 aromatic carbocycles. The average Bonchev–Trinajstić information content (AvgIpc) is 3.25. The van der Waals surface area contributed by atoms with Crippen molar-refractivity contribution in [1.82, 2.24) is 15.5 Å². The number of ether oxygens (including phenoxy) is 3. The van der Waals surface area contributed by atoms with Crippen molar-refractivity contribution in [2.24, 2.45) is 0 Å². The Bertz CT molecular complexity index is 983. The van der Waals surface area contributed by atoms with Crippen LogP contribution in [0.4, 0.5) is 0 Å². The van der Waals surface area contributed by atoms with Gasteiger partial charge in [0, 0.05) is 5.56 Å². The molecule has 0 aliphatic heterocycles. The molecule has 0 spiro atoms. The zero-order valence-electron chi connectivity index (χ0n) is 17.5. The van der Waals surface area contributed by atoms with E-state index in [1.165, 1.54) is 5.56 Å². The molecule has 0 aliphatic rings. The molecule has 8 heteroatoms. The van der Waals surface area contributed by atoms with Crippen molar-refractivity contribution in [3.8, 4) is 28.6 Å². The number of benzene rings is 2. The molecule has 1 heterocycles. The van der Waals surface area contributed by atoms with Gasteiger partial charge in [0.15, 0.2) is 18.1 Å². The molecule has 0 radical (unpaired) electrons. The zero-order valence-corrected chi connectivity index (χ0v) is 17.5. The second kappa shape index (κ2) is 9.78. The maximum atomic E-state index is 12.0. The van der Waals surface area contributed by atoms with Gasteiger partial charge >= 0.3 is 0 Å². The molecule has 1 N–H and O–H groups in total. The monoisotopic (exact) mass is 411 g/mol. The third kappa shape index (κ3) is 5.28. The van der Waals surface area contributed by atoms with Crippen LogP contribution < -0.4 is 19.5 Å². The van der Waals surface area contributed by atoms with Crippen LogP contribution in [0.2, 0.25) is 0 Å². The van der Waals surface area contributed by atoms with Crippen molar-refractivity contribution < 1.29 is 23.5 Å². The summed E-state index contributed by atoms with van der Waals surface area (Å²) < 4.78 is 21.2. The average molecular weight is 411 g/mol. The van der Waals surface area contributed by atoms with Crippen LogP contribution >= 0.6 is 0 Å². The number of hydrogen-bond acceptors (Lipinski definition) is 7. The van der Waals surface area contributed by atoms with Crippen molar-refractivity contribution in [3.05, 3.63) is 53.9 Å². The van der Waals surface area contributed by atoms with Gasteiger partial charge in [0.1, 0.15) is 5.75 Å². The topological polar surface area (TPSA) is 95.7 Å². The molecule has 3 rings (SSSR count). The van der Waals surface area contributed by atoms with Gasteiger partial charge in [0.2, 0.25) is 11.7 Å². The Morgan fingerprint density at radius 1 is 1.07 bits per heavy atom. The number of aromatic nitrogens is 2. The van der Waals surface area contributed by atoms with Crippen LogP contribution in [0.15, 0.2) is 47.0 Å². The number of amides is 1. The highest BCUT2D eigenvalue weighted by Crippen LogP contribution is 2.31. The van der Waals surface area contributed by atoms with E-state index >= 15 is 0 Å². The summed E-state index contributed by atoms with van der Waals surface area (Å²) in [7, 11) is 3.12. The van der Waals surface area contributed by atoms with Crippen LogP contribution in [-0.4, -0.2) is 36.9 Å². The predicted molar refractivity (Wildman–Crippen MR) is 111 cm³/mol. The van der Waals surface area contributed by atoms with Crippen LogP contribution in [0, 0.1) is 0 Å². The molecule has 0 unspecified atom stereocenters. The van der Waals surface area contributed by atoms with E-state index in [0.717, 1.165) is 0 Å². The summed E-state index contributed by atoms with van der Waals surface area (Å²) in [4.78, 5) is 16.3. The van der Waals surface area contributed by atoms with Gasteiger partial charge in [-0.1, -0.05) is 31.1 Å². The Balaban J connectivity index is 1.52. The molecule has 3 aromatic rings. The second-order valence-electron chi connectivity index (χ2n) is 6.87. The minimum atomic E-state index is -0.284. The lowest BCUT2D eigenvalue weighted by atomic mass is 10.0. The number of carbonyl (C=O) groups excluding carboxylic acids is 1. The number of carbonyl (C=O) groups is 1. The van der Waals surface area contributed by atoms with E-state index in [1.807, 2.05) is 24.3 Å². The minimum absolute atomic E-state index is 0.0995. The summed E-state index contributed by atoms with van der Waals surface area (Å²) in [6.07, 6.45) is 0. The number of rotatable bonds is 9. The van der Waals surface area contributed by atoms with Gasteiger partial charge < -0.3 is 24.1 Å². The van der Waals surface area contributed by atoms with E-state index in [1.54, 1.807) is 32.4 Å². The lowest BCUT2D eigenvalue weighted by Crippen LogP contribution is -2.28. The highest BCUT2D eigenvalue weighted by Gasteiger charge is 2.13. The molecule has 0 saturated heterocycles. The first kappa shape index (κ1) is 21.2. The first-order valence-corrected chi connectivity index (χ1v) is 9.54. The number of methoxy groups -OCH3 is 2. The highest BCUT2D eigenvalue weighted by atomic mass is 16.5. The summed E-state index contributed by atoms with van der Waals surface area (Å²) >= 11 is 0. The van der Waals surface area contributed by atoms with Gasteiger partial charge in [-0.15, -0.1) is 0 Å². The lowest BCUT2D eigenvalue weighted by Gasteiger charge is -2.08. The molecule has 1 aromatic heterocycles. The Labute approximate surface area is 175 Å². The summed E-state index contributed by atoms with van der Waals surface area (Å²) in [5.41, 5.74) is 1.93. The Morgan fingerprint density at radius 3 is 2.47 bits per heavy atom. The summed E-state index contributed by atoms with van der Waals surface area (Å²) in [6.45, 7) is 4.25. The fourth-order valence-electron chi connectivity index (χ4n) is 2.74. The SMILES string of the molecule is COc1ccc(-c2noc(CNC(=O)COc3ccc(C(C)C)cc3)n2)cc1OC. The smallest absolute Gasteiger partial charge is 0.258 e. The van der Waals surface area contributed by atoms with Gasteiger partial charge in [-0.05, 0) is 41.8 Å². The maximum Gasteiger partial charge on any atom is 0.258 e. The first-order chi connectivity index (χ1) is 14.5. The number of nitrogens with zero attached hydrogens (tertiary/aromatic N) is 2. The van der Waals surface area contributed by atoms with E-state index in [4.69, 9.17) is 18.7 Å². The van der Waals surface area contributed by atoms with E-state index in [2.05, 4.69) is 29.3 Å². The fraction of sp³-hybridized carbons (Fsp3) is 0.318. The Hall–Kier alpha value is -3.55. The van der Waals surface area contributed by atoms with Crippen molar-refractivity contribution in [2.45, 2.75) is 26.3 Å². The standard InChI is InChI=1S/C22H25N3O5/c1-14(2)15-5-8-17(9-6-15)29-13-20(26)23-12-21-24-22(25-30-21)16-7-10-18(27-3)19(11-16)28-4/h5-11,14H,12-13H2,1-4H3,(H,23,26). The van der Waals surface area contributed by atoms with Crippen LogP contribution in [0.1, 0.15) is 31.2 Å². The highest BCUT2D eigenvalue weighted by molar-refractivity contribution is 5.77. The Kier molecular flexibility index (Phi) is 6.90. The lowest BCUT2D eigenvalue weighted by molar-refractivity contribution is -0.123. The second-order valence-corrected chi connectivity index (χ2v) is 6.87. The molecular weight excluding hydrogens is 386 g/mol. The third-order valence-corrected chi connectivity index (χ3v) is 4.46. The quantitative estimate of drug-likeness (QED) is 0.575. The van der Waals surface area contributed by atoms with Crippen LogP contribution in [0.5, 0.6) is 17.2 Å². The molecule has 8 nitrogen and oxygen atoms in total. The van der Waals surface area contributed by atoms with Gasteiger partial charge in [0.25, 0.3) is 5.91 Å². The number of hydrogen-bond donors (Lipinski definition) is 1. The van der Waals surface area contributed by atoms with Crippen molar-refractivity contribution >= 4 is 5.91 Å². The summed E-state index contributed by atoms with van der Waals surface area (Å²) in [5.74, 6) is 2.65. The van der Waals surface area contributed by atoms with Crippen molar-refractivity contribution in [3.63, 3.8) is 0 Å². The first-order valence-electron chi connectivity index (χ1n) is 9.54. The van der Waals surface area contributed by atoms with E-state index in [0.29, 0.717) is 34.6 Å². The summed E-state index contributed by atoms with van der Waals surface area (Å²) in [6, 6.07) is 13.0. The van der Waals surface area contributed by atoms with E-state index < -0.39 is 0 Å². The summed E-state index contributed by atoms with van der Waals surface area (Å²) in [5, 5.41) is 6.65. The van der Waals surface area contributed by atoms with Crippen LogP contribution in [0.3, 0.4) is 0 Å². The van der Waals surface area contributed by atoms with E-state index in [9.17, 15) is 4.79 Å². The van der Waals surface area contributed by atoms with Crippen molar-refractivity contribution in [2.75, 3.05) is 20.8 Å². The maximum absolute atomic E-state index is 12.0. The van der Waals surface area contributed by atoms with E-state index in [-0.39, 0.29) is 24.9 Å². The normalized spacial score (nSPS) is 10.7. The van der Waals surface area contributed by atoms with Gasteiger partial charge in [-0.25, -0.2) is 0 Å². The number of nitrogens with one attached hydrogen (secondary N) is 1. The molecule has 0 saturated carbocycles. The molecule has 0 aliphatic carbocycles. The third-order valence-electron chi connectivity index (χ3n) is 4.46. The van der Waals surface area contributed by atoms with Crippen LogP contribution in [-0.2, 0) is 11.3 Å². The van der Waals surface area contributed by atoms with Gasteiger partial charge in [-0.2, -0.15) is 4.98 Å². The predicted octanol–water partition coefficient (Wildman–Crippen LogP) is 3.57. The van der Waals surface area contributed by atoms with Gasteiger partial charge in [0.05, 0.1) is 20.8 Å². The van der Waals surface area contributed by atoms with Crippen molar-refractivity contribution in [1.29, 1.82) is 0 Å². The van der Waals surface area contributed by atoms with Gasteiger partial charge in [-0.3, -0.25) is 4.79 Å². The Morgan fingerprint density at radius 2 is 1.80 bits per heavy atom. The molecular formula is C22H25N3O5. The minimum Gasteiger partial charge on any atom is -0.493 e. The largest absolute Gasteiger partial charge is 0.493 e. The molecule has 1 amide bonds. The molecule has 0 bridgehead atoms. The zero-order chi connectivity index (χ0) is 21.5. The molecule has 158 valence electrons. The molecule has 0 fully saturated rings. The fourth-order valence-corrected chi connectivity index (χ4v) is 2.74. The molecule has 0 atom stereocenters.